The third-order valence-corrected chi connectivity index (χ3v) is 3.95. The summed E-state index contributed by atoms with van der Waals surface area (Å²) in [6, 6.07) is 5.93. The maximum atomic E-state index is 12.8. The zero-order chi connectivity index (χ0) is 15.0. The average molecular weight is 298 g/mol. The van der Waals surface area contributed by atoms with E-state index in [0.717, 1.165) is 17.7 Å². The molecular formula is C15H19FO3S. The average Bonchev–Trinajstić information content (AvgIpc) is 2.46. The predicted molar refractivity (Wildman–Crippen MR) is 77.2 cm³/mol. The van der Waals surface area contributed by atoms with Crippen LogP contribution >= 0.6 is 11.8 Å². The Morgan fingerprint density at radius 2 is 1.95 bits per heavy atom. The number of hydrogen-bond acceptors (Lipinski definition) is 4. The lowest BCUT2D eigenvalue weighted by molar-refractivity contribution is -0.149. The van der Waals surface area contributed by atoms with E-state index in [1.165, 1.54) is 31.0 Å². The maximum Gasteiger partial charge on any atom is 0.316 e. The van der Waals surface area contributed by atoms with Crippen molar-refractivity contribution in [2.45, 2.75) is 31.1 Å². The minimum Gasteiger partial charge on any atom is -0.468 e. The van der Waals surface area contributed by atoms with Gasteiger partial charge in [0.05, 0.1) is 12.9 Å². The molecule has 0 aromatic heterocycles. The van der Waals surface area contributed by atoms with Gasteiger partial charge in [0.25, 0.3) is 0 Å². The zero-order valence-electron chi connectivity index (χ0n) is 11.7. The molecule has 1 rings (SSSR count). The summed E-state index contributed by atoms with van der Waals surface area (Å²) in [7, 11) is 1.29. The first-order valence-corrected chi connectivity index (χ1v) is 7.56. The highest BCUT2D eigenvalue weighted by Gasteiger charge is 2.26. The molecule has 1 unspecified atom stereocenters. The van der Waals surface area contributed by atoms with Crippen LogP contribution in [0.3, 0.4) is 0 Å². The first-order chi connectivity index (χ1) is 9.58. The van der Waals surface area contributed by atoms with Gasteiger partial charge in [-0.1, -0.05) is 19.8 Å². The molecule has 0 fully saturated rings. The van der Waals surface area contributed by atoms with Crippen molar-refractivity contribution in [3.8, 4) is 0 Å². The Labute approximate surface area is 122 Å². The second-order valence-corrected chi connectivity index (χ2v) is 5.48. The van der Waals surface area contributed by atoms with Gasteiger partial charge in [0.2, 0.25) is 0 Å². The molecule has 0 amide bonds. The molecule has 0 heterocycles. The van der Waals surface area contributed by atoms with Crippen LogP contribution in [0.15, 0.2) is 29.2 Å². The normalized spacial score (nSPS) is 11.9. The van der Waals surface area contributed by atoms with Gasteiger partial charge in [-0.05, 0) is 30.7 Å². The van der Waals surface area contributed by atoms with Crippen molar-refractivity contribution in [1.82, 2.24) is 0 Å². The lowest BCUT2D eigenvalue weighted by Crippen LogP contribution is -2.26. The maximum absolute atomic E-state index is 12.8. The zero-order valence-corrected chi connectivity index (χ0v) is 12.5. The number of Topliss-reactive ketones (excluding diaryl/α,β-unsaturated/α-hetero) is 1. The number of hydrogen-bond donors (Lipinski definition) is 0. The van der Waals surface area contributed by atoms with E-state index in [9.17, 15) is 14.0 Å². The van der Waals surface area contributed by atoms with Gasteiger partial charge in [-0.25, -0.2) is 4.39 Å². The van der Waals surface area contributed by atoms with Crippen molar-refractivity contribution < 1.29 is 18.7 Å². The summed E-state index contributed by atoms with van der Waals surface area (Å²) in [5, 5.41) is 0. The van der Waals surface area contributed by atoms with Crippen molar-refractivity contribution in [3.05, 3.63) is 30.1 Å². The van der Waals surface area contributed by atoms with Gasteiger partial charge in [0, 0.05) is 4.90 Å². The molecule has 0 saturated heterocycles. The minimum atomic E-state index is -0.687. The molecule has 5 heteroatoms. The van der Waals surface area contributed by atoms with Crippen molar-refractivity contribution in [2.24, 2.45) is 5.92 Å². The van der Waals surface area contributed by atoms with E-state index >= 15 is 0 Å². The molecule has 0 aliphatic rings. The fourth-order valence-corrected chi connectivity index (χ4v) is 2.59. The number of esters is 1. The molecule has 1 aromatic rings. The van der Waals surface area contributed by atoms with Crippen molar-refractivity contribution in [3.63, 3.8) is 0 Å². The number of halogens is 1. The van der Waals surface area contributed by atoms with Crippen molar-refractivity contribution >= 4 is 23.5 Å². The highest BCUT2D eigenvalue weighted by Crippen LogP contribution is 2.21. The minimum absolute atomic E-state index is 0.139. The highest BCUT2D eigenvalue weighted by molar-refractivity contribution is 8.00. The van der Waals surface area contributed by atoms with E-state index in [1.807, 2.05) is 6.92 Å². The fraction of sp³-hybridized carbons (Fsp3) is 0.467. The van der Waals surface area contributed by atoms with Crippen LogP contribution in [0.5, 0.6) is 0 Å². The largest absolute Gasteiger partial charge is 0.468 e. The standard InChI is InChI=1S/C15H19FO3S/c1-3-4-5-13(15(18)19-2)14(17)10-20-12-8-6-11(16)7-9-12/h6-9,13H,3-5,10H2,1-2H3. The molecule has 3 nitrogen and oxygen atoms in total. The predicted octanol–water partition coefficient (Wildman–Crippen LogP) is 3.47. The highest BCUT2D eigenvalue weighted by atomic mass is 32.2. The summed E-state index contributed by atoms with van der Waals surface area (Å²) in [5.74, 6) is -1.42. The van der Waals surface area contributed by atoms with Gasteiger partial charge < -0.3 is 4.74 Å². The van der Waals surface area contributed by atoms with Crippen LogP contribution in [0.1, 0.15) is 26.2 Å². The number of unbranched alkanes of at least 4 members (excludes halogenated alkanes) is 1. The van der Waals surface area contributed by atoms with E-state index < -0.39 is 11.9 Å². The second-order valence-electron chi connectivity index (χ2n) is 4.43. The lowest BCUT2D eigenvalue weighted by Gasteiger charge is -2.12. The summed E-state index contributed by atoms with van der Waals surface area (Å²) in [5.41, 5.74) is 0. The Bertz CT molecular complexity index is 445. The Hall–Kier alpha value is -1.36. The first-order valence-electron chi connectivity index (χ1n) is 6.57. The summed E-state index contributed by atoms with van der Waals surface area (Å²) in [6.07, 6.45) is 2.25. The molecule has 110 valence electrons. The smallest absolute Gasteiger partial charge is 0.316 e. The van der Waals surface area contributed by atoms with Crippen LogP contribution in [0, 0.1) is 11.7 Å². The third kappa shape index (κ3) is 5.33. The van der Waals surface area contributed by atoms with E-state index in [2.05, 4.69) is 4.74 Å². The van der Waals surface area contributed by atoms with Crippen LogP contribution in [-0.4, -0.2) is 24.6 Å². The molecule has 0 aliphatic heterocycles. The van der Waals surface area contributed by atoms with E-state index in [-0.39, 0.29) is 17.4 Å². The first kappa shape index (κ1) is 16.7. The summed E-state index contributed by atoms with van der Waals surface area (Å²) in [6.45, 7) is 2.01. The number of ketones is 1. The molecular weight excluding hydrogens is 279 g/mol. The Kier molecular flexibility index (Phi) is 7.30. The summed E-state index contributed by atoms with van der Waals surface area (Å²) >= 11 is 1.30. The van der Waals surface area contributed by atoms with Gasteiger partial charge in [-0.2, -0.15) is 0 Å². The lowest BCUT2D eigenvalue weighted by atomic mass is 9.98. The fourth-order valence-electron chi connectivity index (χ4n) is 1.75. The topological polar surface area (TPSA) is 43.4 Å². The summed E-state index contributed by atoms with van der Waals surface area (Å²) < 4.78 is 17.4. The number of carbonyl (C=O) groups is 2. The number of benzene rings is 1. The van der Waals surface area contributed by atoms with Crippen molar-refractivity contribution in [1.29, 1.82) is 0 Å². The monoisotopic (exact) mass is 298 g/mol. The van der Waals surface area contributed by atoms with Crippen molar-refractivity contribution in [2.75, 3.05) is 12.9 Å². The molecule has 0 bridgehead atoms. The number of methoxy groups -OCH3 is 1. The van der Waals surface area contributed by atoms with E-state index in [4.69, 9.17) is 0 Å². The molecule has 20 heavy (non-hydrogen) atoms. The number of thioether (sulfide) groups is 1. The quantitative estimate of drug-likeness (QED) is 0.419. The van der Waals surface area contributed by atoms with Gasteiger partial charge in [-0.15, -0.1) is 11.8 Å². The van der Waals surface area contributed by atoms with Gasteiger partial charge in [0.1, 0.15) is 11.7 Å². The molecule has 0 aliphatic carbocycles. The molecule has 0 radical (unpaired) electrons. The van der Waals surface area contributed by atoms with Crippen LogP contribution in [0.2, 0.25) is 0 Å². The molecule has 0 N–H and O–H groups in total. The number of rotatable bonds is 8. The number of ether oxygens (including phenoxy) is 1. The van der Waals surface area contributed by atoms with Gasteiger partial charge >= 0.3 is 5.97 Å². The number of carbonyl (C=O) groups excluding carboxylic acids is 2. The van der Waals surface area contributed by atoms with Gasteiger partial charge in [0.15, 0.2) is 5.78 Å². The Morgan fingerprint density at radius 1 is 1.30 bits per heavy atom. The summed E-state index contributed by atoms with van der Waals surface area (Å²) in [4.78, 5) is 24.5. The molecule has 1 atom stereocenters. The van der Waals surface area contributed by atoms with E-state index in [1.54, 1.807) is 12.1 Å². The van der Waals surface area contributed by atoms with Crippen LogP contribution in [-0.2, 0) is 14.3 Å². The van der Waals surface area contributed by atoms with Crippen LogP contribution in [0.4, 0.5) is 4.39 Å². The van der Waals surface area contributed by atoms with Crippen LogP contribution < -0.4 is 0 Å². The third-order valence-electron chi connectivity index (χ3n) is 2.92. The van der Waals surface area contributed by atoms with E-state index in [0.29, 0.717) is 6.42 Å². The molecule has 1 aromatic carbocycles. The SMILES string of the molecule is CCCCC(C(=O)CSc1ccc(F)cc1)C(=O)OC. The Morgan fingerprint density at radius 3 is 2.50 bits per heavy atom. The second kappa shape index (κ2) is 8.74. The Balaban J connectivity index is 2.56. The molecule has 0 saturated carbocycles. The van der Waals surface area contributed by atoms with Gasteiger partial charge in [-0.3, -0.25) is 9.59 Å². The molecule has 0 spiro atoms. The van der Waals surface area contributed by atoms with Crippen LogP contribution in [0.25, 0.3) is 0 Å².